The van der Waals surface area contributed by atoms with Crippen molar-refractivity contribution in [3.63, 3.8) is 0 Å². The highest BCUT2D eigenvalue weighted by Crippen LogP contribution is 2.27. The molecular formula is C23H20N2O4S. The molecule has 1 aromatic heterocycles. The average Bonchev–Trinajstić information content (AvgIpc) is 3.45. The molecule has 0 bridgehead atoms. The number of benzene rings is 2. The van der Waals surface area contributed by atoms with E-state index in [4.69, 9.17) is 4.74 Å². The van der Waals surface area contributed by atoms with Gasteiger partial charge in [0.05, 0.1) is 16.1 Å². The van der Waals surface area contributed by atoms with Gasteiger partial charge in [-0.15, -0.1) is 11.3 Å². The first kappa shape index (κ1) is 19.8. The van der Waals surface area contributed by atoms with Crippen LogP contribution in [-0.2, 0) is 4.79 Å². The van der Waals surface area contributed by atoms with Crippen LogP contribution in [0.3, 0.4) is 0 Å². The predicted octanol–water partition coefficient (Wildman–Crippen LogP) is 4.37. The SMILES string of the molecule is CN(C(=O)c1cccs1)c1ccccc1C(=O)Oc1ccc(N2CCCC2=O)cc1. The number of amides is 2. The minimum atomic E-state index is -0.554. The normalized spacial score (nSPS) is 13.4. The van der Waals surface area contributed by atoms with Crippen molar-refractivity contribution in [1.29, 1.82) is 0 Å². The Morgan fingerprint density at radius 1 is 1.03 bits per heavy atom. The number of esters is 1. The molecule has 0 N–H and O–H groups in total. The number of para-hydroxylation sites is 1. The number of hydrogen-bond acceptors (Lipinski definition) is 5. The van der Waals surface area contributed by atoms with Gasteiger partial charge in [0.25, 0.3) is 5.91 Å². The third-order valence-electron chi connectivity index (χ3n) is 4.95. The van der Waals surface area contributed by atoms with Gasteiger partial charge in [-0.05, 0) is 54.3 Å². The number of carbonyl (C=O) groups is 3. The van der Waals surface area contributed by atoms with E-state index in [1.54, 1.807) is 66.5 Å². The van der Waals surface area contributed by atoms with Crippen LogP contribution < -0.4 is 14.5 Å². The summed E-state index contributed by atoms with van der Waals surface area (Å²) in [6.07, 6.45) is 1.41. The standard InChI is InChI=1S/C23H20N2O4S/c1-24(22(27)20-8-5-15-30-20)19-7-3-2-6-18(19)23(28)29-17-12-10-16(11-13-17)25-14-4-9-21(25)26/h2-3,5-8,10-13,15H,4,9,14H2,1H3. The van der Waals surface area contributed by atoms with Crippen molar-refractivity contribution in [2.45, 2.75) is 12.8 Å². The van der Waals surface area contributed by atoms with Gasteiger partial charge in [-0.2, -0.15) is 0 Å². The topological polar surface area (TPSA) is 66.9 Å². The van der Waals surface area contributed by atoms with Gasteiger partial charge < -0.3 is 14.5 Å². The number of ether oxygens (including phenoxy) is 1. The van der Waals surface area contributed by atoms with Crippen molar-refractivity contribution in [2.24, 2.45) is 0 Å². The minimum absolute atomic E-state index is 0.104. The molecule has 152 valence electrons. The Hall–Kier alpha value is -3.45. The van der Waals surface area contributed by atoms with Gasteiger partial charge >= 0.3 is 5.97 Å². The van der Waals surface area contributed by atoms with Crippen LogP contribution in [0.4, 0.5) is 11.4 Å². The second kappa shape index (κ2) is 8.51. The van der Waals surface area contributed by atoms with Crippen LogP contribution >= 0.6 is 11.3 Å². The summed E-state index contributed by atoms with van der Waals surface area (Å²) in [4.78, 5) is 41.1. The Morgan fingerprint density at radius 2 is 1.80 bits per heavy atom. The van der Waals surface area contributed by atoms with Gasteiger partial charge in [0.2, 0.25) is 5.91 Å². The highest BCUT2D eigenvalue weighted by molar-refractivity contribution is 7.12. The first-order valence-electron chi connectivity index (χ1n) is 9.58. The van der Waals surface area contributed by atoms with Gasteiger partial charge in [0.1, 0.15) is 5.75 Å². The molecule has 7 heteroatoms. The monoisotopic (exact) mass is 420 g/mol. The summed E-state index contributed by atoms with van der Waals surface area (Å²) in [5.74, 6) is -0.268. The van der Waals surface area contributed by atoms with E-state index in [-0.39, 0.29) is 11.8 Å². The molecule has 2 heterocycles. The number of hydrogen-bond donors (Lipinski definition) is 0. The maximum absolute atomic E-state index is 12.8. The maximum atomic E-state index is 12.8. The van der Waals surface area contributed by atoms with E-state index >= 15 is 0 Å². The van der Waals surface area contributed by atoms with E-state index < -0.39 is 5.97 Å². The van der Waals surface area contributed by atoms with Gasteiger partial charge in [0.15, 0.2) is 0 Å². The van der Waals surface area contributed by atoms with E-state index in [0.29, 0.717) is 34.8 Å². The Kier molecular flexibility index (Phi) is 5.63. The molecule has 1 aliphatic heterocycles. The first-order valence-corrected chi connectivity index (χ1v) is 10.5. The van der Waals surface area contributed by atoms with Crippen LogP contribution in [0.25, 0.3) is 0 Å². The summed E-state index contributed by atoms with van der Waals surface area (Å²) in [6, 6.07) is 17.3. The Labute approximate surface area is 178 Å². The first-order chi connectivity index (χ1) is 14.5. The summed E-state index contributed by atoms with van der Waals surface area (Å²) < 4.78 is 5.53. The molecule has 3 aromatic rings. The molecule has 2 aromatic carbocycles. The fourth-order valence-electron chi connectivity index (χ4n) is 3.39. The second-order valence-electron chi connectivity index (χ2n) is 6.89. The molecule has 0 radical (unpaired) electrons. The fraction of sp³-hybridized carbons (Fsp3) is 0.174. The van der Waals surface area contributed by atoms with Crippen molar-refractivity contribution in [3.8, 4) is 5.75 Å². The predicted molar refractivity (Wildman–Crippen MR) is 116 cm³/mol. The summed E-state index contributed by atoms with van der Waals surface area (Å²) >= 11 is 1.35. The molecule has 6 nitrogen and oxygen atoms in total. The summed E-state index contributed by atoms with van der Waals surface area (Å²) in [6.45, 7) is 0.704. The Morgan fingerprint density at radius 3 is 2.47 bits per heavy atom. The molecule has 0 atom stereocenters. The smallest absolute Gasteiger partial charge is 0.345 e. The van der Waals surface area contributed by atoms with E-state index in [1.807, 2.05) is 11.4 Å². The zero-order valence-electron chi connectivity index (χ0n) is 16.4. The molecular weight excluding hydrogens is 400 g/mol. The highest BCUT2D eigenvalue weighted by Gasteiger charge is 2.23. The van der Waals surface area contributed by atoms with Crippen molar-refractivity contribution < 1.29 is 19.1 Å². The van der Waals surface area contributed by atoms with Gasteiger partial charge in [-0.25, -0.2) is 4.79 Å². The number of thiophene rings is 1. The van der Waals surface area contributed by atoms with Crippen LogP contribution in [0, 0.1) is 0 Å². The van der Waals surface area contributed by atoms with Crippen molar-refractivity contribution in [3.05, 3.63) is 76.5 Å². The third-order valence-corrected chi connectivity index (χ3v) is 5.81. The van der Waals surface area contributed by atoms with Crippen LogP contribution in [-0.4, -0.2) is 31.4 Å². The highest BCUT2D eigenvalue weighted by atomic mass is 32.1. The molecule has 30 heavy (non-hydrogen) atoms. The zero-order chi connectivity index (χ0) is 21.1. The zero-order valence-corrected chi connectivity index (χ0v) is 17.2. The van der Waals surface area contributed by atoms with Crippen LogP contribution in [0.2, 0.25) is 0 Å². The summed E-state index contributed by atoms with van der Waals surface area (Å²) in [5, 5.41) is 1.83. The van der Waals surface area contributed by atoms with Gasteiger partial charge in [-0.1, -0.05) is 18.2 Å². The lowest BCUT2D eigenvalue weighted by atomic mass is 10.1. The Balaban J connectivity index is 1.51. The molecule has 0 unspecified atom stereocenters. The lowest BCUT2D eigenvalue weighted by Gasteiger charge is -2.19. The quantitative estimate of drug-likeness (QED) is 0.454. The largest absolute Gasteiger partial charge is 0.423 e. The van der Waals surface area contributed by atoms with Crippen LogP contribution in [0.5, 0.6) is 5.75 Å². The minimum Gasteiger partial charge on any atom is -0.423 e. The second-order valence-corrected chi connectivity index (χ2v) is 7.84. The molecule has 1 saturated heterocycles. The molecule has 0 aliphatic carbocycles. The number of rotatable bonds is 5. The Bertz CT molecular complexity index is 1080. The number of nitrogens with zero attached hydrogens (tertiary/aromatic N) is 2. The van der Waals surface area contributed by atoms with Crippen molar-refractivity contribution in [2.75, 3.05) is 23.4 Å². The lowest BCUT2D eigenvalue weighted by Crippen LogP contribution is -2.27. The number of anilines is 2. The molecule has 4 rings (SSSR count). The molecule has 0 spiro atoms. The lowest BCUT2D eigenvalue weighted by molar-refractivity contribution is -0.117. The third kappa shape index (κ3) is 3.97. The average molecular weight is 420 g/mol. The van der Waals surface area contributed by atoms with Crippen molar-refractivity contribution >= 4 is 40.5 Å². The molecule has 1 aliphatic rings. The summed E-state index contributed by atoms with van der Waals surface area (Å²) in [5.41, 5.74) is 1.56. The maximum Gasteiger partial charge on any atom is 0.345 e. The van der Waals surface area contributed by atoms with Gasteiger partial charge in [-0.3, -0.25) is 9.59 Å². The van der Waals surface area contributed by atoms with Crippen LogP contribution in [0.1, 0.15) is 32.9 Å². The van der Waals surface area contributed by atoms with Crippen LogP contribution in [0.15, 0.2) is 66.0 Å². The van der Waals surface area contributed by atoms with Crippen molar-refractivity contribution in [1.82, 2.24) is 0 Å². The van der Waals surface area contributed by atoms with E-state index in [2.05, 4.69) is 0 Å². The molecule has 0 saturated carbocycles. The van der Waals surface area contributed by atoms with E-state index in [0.717, 1.165) is 12.1 Å². The molecule has 1 fully saturated rings. The van der Waals surface area contributed by atoms with E-state index in [1.165, 1.54) is 16.2 Å². The fourth-order valence-corrected chi connectivity index (χ4v) is 4.09. The van der Waals surface area contributed by atoms with E-state index in [9.17, 15) is 14.4 Å². The van der Waals surface area contributed by atoms with Gasteiger partial charge in [0, 0.05) is 25.7 Å². The number of carbonyl (C=O) groups excluding carboxylic acids is 3. The molecule has 2 amide bonds. The summed E-state index contributed by atoms with van der Waals surface area (Å²) in [7, 11) is 1.63.